The largest absolute Gasteiger partial charge is 0.459 e. The Morgan fingerprint density at radius 1 is 1.21 bits per heavy atom. The first-order valence-corrected chi connectivity index (χ1v) is 6.31. The number of ether oxygens (including phenoxy) is 4. The van der Waals surface area contributed by atoms with Crippen LogP contribution in [0.25, 0.3) is 0 Å². The van der Waals surface area contributed by atoms with Gasteiger partial charge in [-0.25, -0.2) is 4.79 Å². The number of esters is 1. The second-order valence-electron chi connectivity index (χ2n) is 4.23. The van der Waals surface area contributed by atoms with Gasteiger partial charge >= 0.3 is 5.97 Å². The molecule has 1 saturated heterocycles. The lowest BCUT2D eigenvalue weighted by Gasteiger charge is -2.06. The van der Waals surface area contributed by atoms with Crippen LogP contribution in [0.1, 0.15) is 5.56 Å². The van der Waals surface area contributed by atoms with Crippen LogP contribution in [0.2, 0.25) is 0 Å². The average molecular weight is 266 g/mol. The molecular weight excluding hydrogens is 248 g/mol. The molecule has 104 valence electrons. The van der Waals surface area contributed by atoms with Gasteiger partial charge in [-0.2, -0.15) is 0 Å². The van der Waals surface area contributed by atoms with E-state index in [2.05, 4.69) is 0 Å². The molecule has 1 fully saturated rings. The minimum atomic E-state index is -0.366. The first kappa shape index (κ1) is 14.0. The van der Waals surface area contributed by atoms with Crippen molar-refractivity contribution in [3.63, 3.8) is 0 Å². The highest BCUT2D eigenvalue weighted by atomic mass is 16.6. The number of hydrogen-bond acceptors (Lipinski definition) is 5. The standard InChI is InChI=1S/C14H18O5/c15-14(19-8-12-4-2-1-3-5-12)11-17-7-6-16-9-13-10-18-13/h1-5,13H,6-11H2. The van der Waals surface area contributed by atoms with E-state index >= 15 is 0 Å². The van der Waals surface area contributed by atoms with Crippen LogP contribution in [0.15, 0.2) is 30.3 Å². The van der Waals surface area contributed by atoms with Crippen molar-refractivity contribution in [1.82, 2.24) is 0 Å². The Morgan fingerprint density at radius 3 is 2.68 bits per heavy atom. The molecule has 0 N–H and O–H groups in total. The van der Waals surface area contributed by atoms with Crippen LogP contribution >= 0.6 is 0 Å². The Bertz CT molecular complexity index is 375. The third-order valence-corrected chi connectivity index (χ3v) is 2.54. The molecule has 1 aliphatic heterocycles. The van der Waals surface area contributed by atoms with Crippen molar-refractivity contribution >= 4 is 5.97 Å². The summed E-state index contributed by atoms with van der Waals surface area (Å²) in [5.74, 6) is -0.366. The van der Waals surface area contributed by atoms with Gasteiger partial charge in [-0.1, -0.05) is 30.3 Å². The van der Waals surface area contributed by atoms with Crippen molar-refractivity contribution < 1.29 is 23.7 Å². The summed E-state index contributed by atoms with van der Waals surface area (Å²) in [6.07, 6.45) is 0.260. The summed E-state index contributed by atoms with van der Waals surface area (Å²) in [5, 5.41) is 0. The van der Waals surface area contributed by atoms with E-state index in [9.17, 15) is 4.79 Å². The first-order valence-electron chi connectivity index (χ1n) is 6.31. The second-order valence-corrected chi connectivity index (χ2v) is 4.23. The van der Waals surface area contributed by atoms with Crippen LogP contribution in [0.4, 0.5) is 0 Å². The zero-order valence-corrected chi connectivity index (χ0v) is 10.7. The van der Waals surface area contributed by atoms with Crippen LogP contribution < -0.4 is 0 Å². The molecule has 0 spiro atoms. The summed E-state index contributed by atoms with van der Waals surface area (Å²) in [6.45, 7) is 2.46. The maximum atomic E-state index is 11.4. The molecule has 0 amide bonds. The van der Waals surface area contributed by atoms with E-state index < -0.39 is 0 Å². The van der Waals surface area contributed by atoms with Crippen molar-refractivity contribution in [2.75, 3.05) is 33.0 Å². The zero-order valence-electron chi connectivity index (χ0n) is 10.7. The molecule has 0 aliphatic carbocycles. The minimum absolute atomic E-state index is 0.0455. The van der Waals surface area contributed by atoms with Gasteiger partial charge in [-0.15, -0.1) is 0 Å². The van der Waals surface area contributed by atoms with Crippen molar-refractivity contribution in [2.45, 2.75) is 12.7 Å². The van der Waals surface area contributed by atoms with Crippen LogP contribution in [0, 0.1) is 0 Å². The van der Waals surface area contributed by atoms with Gasteiger partial charge in [0.2, 0.25) is 0 Å². The topological polar surface area (TPSA) is 57.3 Å². The third-order valence-electron chi connectivity index (χ3n) is 2.54. The summed E-state index contributed by atoms with van der Waals surface area (Å²) in [7, 11) is 0. The number of carbonyl (C=O) groups excluding carboxylic acids is 1. The summed E-state index contributed by atoms with van der Waals surface area (Å²) in [5.41, 5.74) is 0.962. The van der Waals surface area contributed by atoms with Crippen LogP contribution in [0.5, 0.6) is 0 Å². The molecule has 1 unspecified atom stereocenters. The third kappa shape index (κ3) is 6.33. The SMILES string of the molecule is O=C(COCCOCC1CO1)OCc1ccccc1. The van der Waals surface area contributed by atoms with Gasteiger partial charge in [-0.05, 0) is 5.56 Å². The van der Waals surface area contributed by atoms with E-state index in [1.807, 2.05) is 30.3 Å². The van der Waals surface area contributed by atoms with Gasteiger partial charge in [0.1, 0.15) is 19.3 Å². The lowest BCUT2D eigenvalue weighted by molar-refractivity contribution is -0.150. The van der Waals surface area contributed by atoms with Crippen LogP contribution in [0.3, 0.4) is 0 Å². The molecule has 1 aromatic carbocycles. The molecule has 5 nitrogen and oxygen atoms in total. The minimum Gasteiger partial charge on any atom is -0.459 e. The average Bonchev–Trinajstić information content (AvgIpc) is 3.26. The second kappa shape index (κ2) is 7.89. The normalized spacial score (nSPS) is 17.2. The van der Waals surface area contributed by atoms with Gasteiger partial charge < -0.3 is 18.9 Å². The van der Waals surface area contributed by atoms with Crippen LogP contribution in [-0.4, -0.2) is 45.1 Å². The molecule has 2 rings (SSSR count). The molecule has 5 heteroatoms. The molecular formula is C14H18O5. The Hall–Kier alpha value is -1.43. The molecule has 1 aliphatic rings. The Morgan fingerprint density at radius 2 is 1.95 bits per heavy atom. The number of epoxide rings is 1. The van der Waals surface area contributed by atoms with Crippen molar-refractivity contribution in [3.05, 3.63) is 35.9 Å². The highest BCUT2D eigenvalue weighted by molar-refractivity contribution is 5.70. The Labute approximate surface area is 112 Å². The van der Waals surface area contributed by atoms with Gasteiger partial charge in [0.15, 0.2) is 0 Å². The number of carbonyl (C=O) groups is 1. The molecule has 1 aromatic rings. The maximum Gasteiger partial charge on any atom is 0.332 e. The predicted molar refractivity (Wildman–Crippen MR) is 67.6 cm³/mol. The van der Waals surface area contributed by atoms with Gasteiger partial charge in [0.25, 0.3) is 0 Å². The molecule has 19 heavy (non-hydrogen) atoms. The predicted octanol–water partition coefficient (Wildman–Crippen LogP) is 1.16. The van der Waals surface area contributed by atoms with E-state index in [1.54, 1.807) is 0 Å². The molecule has 0 radical (unpaired) electrons. The lowest BCUT2D eigenvalue weighted by atomic mass is 10.2. The highest BCUT2D eigenvalue weighted by Crippen LogP contribution is 2.08. The summed E-state index contributed by atoms with van der Waals surface area (Å²) in [4.78, 5) is 11.4. The fourth-order valence-electron chi connectivity index (χ4n) is 1.43. The smallest absolute Gasteiger partial charge is 0.332 e. The molecule has 1 atom stereocenters. The van der Waals surface area contributed by atoms with Gasteiger partial charge in [0, 0.05) is 0 Å². The molecule has 0 aromatic heterocycles. The molecule has 1 heterocycles. The monoisotopic (exact) mass is 266 g/mol. The van der Waals surface area contributed by atoms with E-state index in [0.717, 1.165) is 12.2 Å². The van der Waals surface area contributed by atoms with E-state index in [1.165, 1.54) is 0 Å². The first-order chi connectivity index (χ1) is 9.34. The van der Waals surface area contributed by atoms with Crippen molar-refractivity contribution in [3.8, 4) is 0 Å². The van der Waals surface area contributed by atoms with Crippen molar-refractivity contribution in [2.24, 2.45) is 0 Å². The fraction of sp³-hybridized carbons (Fsp3) is 0.500. The Balaban J connectivity index is 1.45. The highest BCUT2D eigenvalue weighted by Gasteiger charge is 2.21. The number of benzene rings is 1. The van der Waals surface area contributed by atoms with E-state index in [0.29, 0.717) is 19.8 Å². The van der Waals surface area contributed by atoms with Gasteiger partial charge in [-0.3, -0.25) is 0 Å². The fourth-order valence-corrected chi connectivity index (χ4v) is 1.43. The van der Waals surface area contributed by atoms with Crippen molar-refractivity contribution in [1.29, 1.82) is 0 Å². The number of hydrogen-bond donors (Lipinski definition) is 0. The summed E-state index contributed by atoms with van der Waals surface area (Å²) in [6, 6.07) is 9.53. The van der Waals surface area contributed by atoms with Crippen LogP contribution in [-0.2, 0) is 30.3 Å². The quantitative estimate of drug-likeness (QED) is 0.381. The lowest BCUT2D eigenvalue weighted by Crippen LogP contribution is -2.15. The molecule has 0 saturated carbocycles. The summed E-state index contributed by atoms with van der Waals surface area (Å²) >= 11 is 0. The molecule has 0 bridgehead atoms. The maximum absolute atomic E-state index is 11.4. The van der Waals surface area contributed by atoms with Gasteiger partial charge in [0.05, 0.1) is 26.4 Å². The van der Waals surface area contributed by atoms with E-state index in [4.69, 9.17) is 18.9 Å². The zero-order chi connectivity index (χ0) is 13.3. The number of rotatable bonds is 9. The van der Waals surface area contributed by atoms with E-state index in [-0.39, 0.29) is 25.3 Å². The summed E-state index contributed by atoms with van der Waals surface area (Å²) < 4.78 is 20.5. The Kier molecular flexibility index (Phi) is 5.81.